The Morgan fingerprint density at radius 1 is 1.10 bits per heavy atom. The summed E-state index contributed by atoms with van der Waals surface area (Å²) in [5, 5.41) is 2.91. The lowest BCUT2D eigenvalue weighted by atomic mass is 9.99. The Hall–Kier alpha value is -1.64. The second-order valence-electron chi connectivity index (χ2n) is 8.91. The average Bonchev–Trinajstić information content (AvgIpc) is 3.32. The third-order valence-corrected chi connectivity index (χ3v) is 8.28. The Kier molecular flexibility index (Phi) is 5.04. The van der Waals surface area contributed by atoms with Crippen molar-refractivity contribution in [2.24, 2.45) is 5.92 Å². The standard InChI is InChI=1S/C21H29N3O4S/c25-21(22-20-18-5-1-3-15(18)9-16-4-2-6-19(16)20)23-29(26,27)13-14-7-8-24(10-14)17-11-28-12-17/h9,14,17H,1-8,10-13H2,(H2,22,23,25). The molecule has 8 heteroatoms. The van der Waals surface area contributed by atoms with Crippen molar-refractivity contribution >= 4 is 21.7 Å². The van der Waals surface area contributed by atoms with Gasteiger partial charge in [0.05, 0.1) is 25.0 Å². The highest BCUT2D eigenvalue weighted by molar-refractivity contribution is 7.90. The van der Waals surface area contributed by atoms with E-state index in [-0.39, 0.29) is 11.7 Å². The quantitative estimate of drug-likeness (QED) is 0.760. The number of benzene rings is 1. The van der Waals surface area contributed by atoms with E-state index in [1.807, 2.05) is 0 Å². The zero-order valence-corrected chi connectivity index (χ0v) is 17.5. The number of sulfonamides is 1. The van der Waals surface area contributed by atoms with Crippen LogP contribution < -0.4 is 10.0 Å². The molecule has 2 amide bonds. The molecule has 1 atom stereocenters. The molecular weight excluding hydrogens is 390 g/mol. The third kappa shape index (κ3) is 3.90. The molecule has 0 bridgehead atoms. The Bertz CT molecular complexity index is 894. The van der Waals surface area contributed by atoms with Gasteiger partial charge in [-0.05, 0) is 79.7 Å². The summed E-state index contributed by atoms with van der Waals surface area (Å²) in [6, 6.07) is 2.10. The number of anilines is 1. The van der Waals surface area contributed by atoms with Gasteiger partial charge in [-0.25, -0.2) is 17.9 Å². The number of carbonyl (C=O) groups excluding carboxylic acids is 1. The predicted molar refractivity (Wildman–Crippen MR) is 111 cm³/mol. The first-order valence-corrected chi connectivity index (χ1v) is 12.4. The molecule has 0 aromatic heterocycles. The number of hydrogen-bond donors (Lipinski definition) is 2. The van der Waals surface area contributed by atoms with E-state index in [0.29, 0.717) is 6.04 Å². The molecule has 1 aromatic carbocycles. The molecule has 5 rings (SSSR count). The normalized spacial score (nSPS) is 24.2. The molecule has 2 fully saturated rings. The van der Waals surface area contributed by atoms with Crippen molar-refractivity contribution in [3.8, 4) is 0 Å². The topological polar surface area (TPSA) is 87.7 Å². The lowest BCUT2D eigenvalue weighted by Gasteiger charge is -2.34. The molecule has 2 aliphatic carbocycles. The minimum absolute atomic E-state index is 0.00446. The minimum Gasteiger partial charge on any atom is -0.378 e. The van der Waals surface area contributed by atoms with Crippen LogP contribution in [0.15, 0.2) is 6.07 Å². The van der Waals surface area contributed by atoms with Crippen molar-refractivity contribution < 1.29 is 17.9 Å². The molecule has 2 heterocycles. The molecule has 1 unspecified atom stereocenters. The second-order valence-corrected chi connectivity index (χ2v) is 10.7. The van der Waals surface area contributed by atoms with Crippen LogP contribution in [0.2, 0.25) is 0 Å². The van der Waals surface area contributed by atoms with Gasteiger partial charge in [-0.3, -0.25) is 4.90 Å². The highest BCUT2D eigenvalue weighted by Gasteiger charge is 2.34. The van der Waals surface area contributed by atoms with Crippen LogP contribution in [0.25, 0.3) is 0 Å². The van der Waals surface area contributed by atoms with Crippen molar-refractivity contribution in [3.63, 3.8) is 0 Å². The molecular formula is C21H29N3O4S. The van der Waals surface area contributed by atoms with Gasteiger partial charge in [0.2, 0.25) is 10.0 Å². The fourth-order valence-corrected chi connectivity index (χ4v) is 6.67. The van der Waals surface area contributed by atoms with E-state index < -0.39 is 16.1 Å². The van der Waals surface area contributed by atoms with Crippen LogP contribution >= 0.6 is 0 Å². The highest BCUT2D eigenvalue weighted by Crippen LogP contribution is 2.38. The van der Waals surface area contributed by atoms with Crippen molar-refractivity contribution in [1.29, 1.82) is 0 Å². The Morgan fingerprint density at radius 3 is 2.41 bits per heavy atom. The average molecular weight is 420 g/mol. The van der Waals surface area contributed by atoms with Gasteiger partial charge in [0.25, 0.3) is 0 Å². The fourth-order valence-electron chi connectivity index (χ4n) is 5.36. The zero-order chi connectivity index (χ0) is 20.0. The maximum atomic E-state index is 12.6. The summed E-state index contributed by atoms with van der Waals surface area (Å²) in [7, 11) is -3.67. The number of fused-ring (bicyclic) bond motifs is 2. The summed E-state index contributed by atoms with van der Waals surface area (Å²) in [6.07, 6.45) is 7.02. The van der Waals surface area contributed by atoms with E-state index in [9.17, 15) is 13.2 Å². The van der Waals surface area contributed by atoms with Crippen LogP contribution in [0.4, 0.5) is 10.5 Å². The monoisotopic (exact) mass is 419 g/mol. The Balaban J connectivity index is 1.23. The van der Waals surface area contributed by atoms with Crippen molar-refractivity contribution in [1.82, 2.24) is 9.62 Å². The van der Waals surface area contributed by atoms with Crippen molar-refractivity contribution in [3.05, 3.63) is 28.3 Å². The lowest BCUT2D eigenvalue weighted by molar-refractivity contribution is -0.0578. The lowest BCUT2D eigenvalue weighted by Crippen LogP contribution is -2.48. The van der Waals surface area contributed by atoms with Gasteiger partial charge in [0, 0.05) is 12.2 Å². The van der Waals surface area contributed by atoms with Gasteiger partial charge in [0.1, 0.15) is 0 Å². The summed E-state index contributed by atoms with van der Waals surface area (Å²) in [5.41, 5.74) is 5.90. The molecule has 0 saturated carbocycles. The third-order valence-electron chi connectivity index (χ3n) is 6.87. The van der Waals surface area contributed by atoms with E-state index in [1.165, 1.54) is 22.3 Å². The zero-order valence-electron chi connectivity index (χ0n) is 16.7. The summed E-state index contributed by atoms with van der Waals surface area (Å²) in [4.78, 5) is 14.9. The summed E-state index contributed by atoms with van der Waals surface area (Å²) in [5.74, 6) is 0.0568. The number of amides is 2. The first kappa shape index (κ1) is 19.3. The molecule has 4 aliphatic rings. The van der Waals surface area contributed by atoms with Crippen LogP contribution in [0.3, 0.4) is 0 Å². The SMILES string of the molecule is O=C(Nc1c2c(cc3c1CCC3)CCC2)NS(=O)(=O)CC1CCN(C2COC2)C1. The Labute approximate surface area is 172 Å². The van der Waals surface area contributed by atoms with Crippen LogP contribution in [-0.2, 0) is 40.4 Å². The molecule has 2 aliphatic heterocycles. The van der Waals surface area contributed by atoms with Gasteiger partial charge in [0.15, 0.2) is 0 Å². The molecule has 2 N–H and O–H groups in total. The number of rotatable bonds is 5. The molecule has 158 valence electrons. The number of nitrogens with one attached hydrogen (secondary N) is 2. The maximum Gasteiger partial charge on any atom is 0.332 e. The van der Waals surface area contributed by atoms with Gasteiger partial charge >= 0.3 is 6.03 Å². The first-order valence-electron chi connectivity index (χ1n) is 10.8. The maximum absolute atomic E-state index is 12.6. The van der Waals surface area contributed by atoms with Gasteiger partial charge in [-0.2, -0.15) is 0 Å². The van der Waals surface area contributed by atoms with Gasteiger partial charge in [-0.15, -0.1) is 0 Å². The van der Waals surface area contributed by atoms with E-state index in [2.05, 4.69) is 21.0 Å². The summed E-state index contributed by atoms with van der Waals surface area (Å²) < 4.78 is 32.7. The fraction of sp³-hybridized carbons (Fsp3) is 0.667. The smallest absolute Gasteiger partial charge is 0.332 e. The number of likely N-dealkylation sites (tertiary alicyclic amines) is 1. The summed E-state index contributed by atoms with van der Waals surface area (Å²) >= 11 is 0. The van der Waals surface area contributed by atoms with Crippen molar-refractivity contribution in [2.45, 2.75) is 51.0 Å². The number of urea groups is 1. The summed E-state index contributed by atoms with van der Waals surface area (Å²) in [6.45, 7) is 3.15. The van der Waals surface area contributed by atoms with Crippen LogP contribution in [0.5, 0.6) is 0 Å². The second kappa shape index (κ2) is 7.56. The number of ether oxygens (including phenoxy) is 1. The Morgan fingerprint density at radius 2 is 1.79 bits per heavy atom. The molecule has 7 nitrogen and oxygen atoms in total. The number of hydrogen-bond acceptors (Lipinski definition) is 5. The van der Waals surface area contributed by atoms with Crippen molar-refractivity contribution in [2.75, 3.05) is 37.4 Å². The van der Waals surface area contributed by atoms with E-state index in [4.69, 9.17) is 4.74 Å². The largest absolute Gasteiger partial charge is 0.378 e. The molecule has 0 radical (unpaired) electrons. The first-order chi connectivity index (χ1) is 14.0. The van der Waals surface area contributed by atoms with E-state index in [1.54, 1.807) is 0 Å². The van der Waals surface area contributed by atoms with Crippen LogP contribution in [0.1, 0.15) is 41.5 Å². The number of aryl methyl sites for hydroxylation is 2. The van der Waals surface area contributed by atoms with E-state index in [0.717, 1.165) is 76.9 Å². The molecule has 0 spiro atoms. The number of nitrogens with zero attached hydrogens (tertiary/aromatic N) is 1. The molecule has 2 saturated heterocycles. The van der Waals surface area contributed by atoms with Gasteiger partial charge in [-0.1, -0.05) is 6.07 Å². The molecule has 1 aromatic rings. The van der Waals surface area contributed by atoms with Crippen LogP contribution in [0, 0.1) is 5.92 Å². The van der Waals surface area contributed by atoms with Gasteiger partial charge < -0.3 is 10.1 Å². The minimum atomic E-state index is -3.67. The highest BCUT2D eigenvalue weighted by atomic mass is 32.2. The van der Waals surface area contributed by atoms with Crippen LogP contribution in [-0.4, -0.2) is 57.4 Å². The van der Waals surface area contributed by atoms with E-state index >= 15 is 0 Å². The number of carbonyl (C=O) groups is 1. The predicted octanol–water partition coefficient (Wildman–Crippen LogP) is 1.84. The molecule has 29 heavy (non-hydrogen) atoms.